The zero-order chi connectivity index (χ0) is 14.4. The minimum Gasteiger partial charge on any atom is -0.480 e. The van der Waals surface area contributed by atoms with E-state index in [4.69, 9.17) is 15.9 Å². The Balaban J connectivity index is 2.81. The summed E-state index contributed by atoms with van der Waals surface area (Å²) in [6.07, 6.45) is 0. The molecule has 0 bridgehead atoms. The lowest BCUT2D eigenvalue weighted by molar-refractivity contribution is -0.161. The van der Waals surface area contributed by atoms with Crippen molar-refractivity contribution in [3.8, 4) is 0 Å². The fourth-order valence-corrected chi connectivity index (χ4v) is 2.17. The quantitative estimate of drug-likeness (QED) is 0.615. The van der Waals surface area contributed by atoms with Crippen LogP contribution in [0.15, 0.2) is 24.3 Å². The van der Waals surface area contributed by atoms with E-state index in [0.717, 1.165) is 0 Å². The standard InChI is InChI=1S/C12H9NO6/c13-8-7(14)5-3-1-2-4-6(5)9(15)12(8,10(16)17)11(18)19/h1-4,8H,13H2,(H,16,17)(H,18,19). The van der Waals surface area contributed by atoms with E-state index in [1.807, 2.05) is 0 Å². The van der Waals surface area contributed by atoms with E-state index in [2.05, 4.69) is 0 Å². The average molecular weight is 263 g/mol. The second-order valence-electron chi connectivity index (χ2n) is 4.13. The second-order valence-corrected chi connectivity index (χ2v) is 4.13. The molecule has 0 amide bonds. The first kappa shape index (κ1) is 12.9. The molecule has 0 aliphatic heterocycles. The summed E-state index contributed by atoms with van der Waals surface area (Å²) in [6, 6.07) is 3.45. The smallest absolute Gasteiger partial charge is 0.331 e. The van der Waals surface area contributed by atoms with E-state index in [1.54, 1.807) is 0 Å². The first-order valence-corrected chi connectivity index (χ1v) is 5.25. The largest absolute Gasteiger partial charge is 0.480 e. The van der Waals surface area contributed by atoms with E-state index in [1.165, 1.54) is 24.3 Å². The minimum atomic E-state index is -2.97. The highest BCUT2D eigenvalue weighted by Gasteiger charge is 2.63. The van der Waals surface area contributed by atoms with Crippen molar-refractivity contribution >= 4 is 23.5 Å². The predicted molar refractivity (Wildman–Crippen MR) is 60.8 cm³/mol. The first-order valence-electron chi connectivity index (χ1n) is 5.25. The van der Waals surface area contributed by atoms with Crippen LogP contribution in [0, 0.1) is 5.41 Å². The molecular weight excluding hydrogens is 254 g/mol. The summed E-state index contributed by atoms with van der Waals surface area (Å²) >= 11 is 0. The first-order chi connectivity index (χ1) is 8.85. The number of ketones is 2. The molecule has 1 unspecified atom stereocenters. The topological polar surface area (TPSA) is 135 Å². The summed E-state index contributed by atoms with van der Waals surface area (Å²) in [5.74, 6) is -5.95. The Labute approximate surface area is 106 Å². The summed E-state index contributed by atoms with van der Waals surface area (Å²) in [5, 5.41) is 18.2. The zero-order valence-electron chi connectivity index (χ0n) is 9.49. The van der Waals surface area contributed by atoms with Crippen LogP contribution in [0.1, 0.15) is 20.7 Å². The Kier molecular flexibility index (Phi) is 2.71. The highest BCUT2D eigenvalue weighted by Crippen LogP contribution is 2.35. The minimum absolute atomic E-state index is 0.0573. The average Bonchev–Trinajstić information content (AvgIpc) is 2.36. The molecule has 0 saturated heterocycles. The number of hydrogen-bond donors (Lipinski definition) is 3. The van der Waals surface area contributed by atoms with E-state index in [-0.39, 0.29) is 11.1 Å². The van der Waals surface area contributed by atoms with Crippen LogP contribution in [0.25, 0.3) is 0 Å². The fraction of sp³-hybridized carbons (Fsp3) is 0.167. The van der Waals surface area contributed by atoms with Gasteiger partial charge in [0.25, 0.3) is 0 Å². The van der Waals surface area contributed by atoms with Gasteiger partial charge < -0.3 is 15.9 Å². The summed E-state index contributed by atoms with van der Waals surface area (Å²) in [4.78, 5) is 46.7. The maximum atomic E-state index is 12.2. The van der Waals surface area contributed by atoms with Crippen molar-refractivity contribution in [3.05, 3.63) is 35.4 Å². The number of nitrogens with two attached hydrogens (primary N) is 1. The van der Waals surface area contributed by atoms with E-state index >= 15 is 0 Å². The molecule has 0 heterocycles. The van der Waals surface area contributed by atoms with Crippen LogP contribution in [-0.4, -0.2) is 39.8 Å². The summed E-state index contributed by atoms with van der Waals surface area (Å²) in [7, 11) is 0. The van der Waals surface area contributed by atoms with Crippen LogP contribution in [0.4, 0.5) is 0 Å². The van der Waals surface area contributed by atoms with Gasteiger partial charge in [0.05, 0.1) is 0 Å². The zero-order valence-corrected chi connectivity index (χ0v) is 9.49. The Hall–Kier alpha value is -2.54. The molecule has 98 valence electrons. The number of carboxylic acids is 2. The molecule has 0 aromatic heterocycles. The van der Waals surface area contributed by atoms with Crippen molar-refractivity contribution in [1.82, 2.24) is 0 Å². The number of hydrogen-bond acceptors (Lipinski definition) is 5. The molecule has 19 heavy (non-hydrogen) atoms. The van der Waals surface area contributed by atoms with Crippen LogP contribution in [0.3, 0.4) is 0 Å². The summed E-state index contributed by atoms with van der Waals surface area (Å²) < 4.78 is 0. The molecule has 1 aromatic carbocycles. The van der Waals surface area contributed by atoms with Crippen molar-refractivity contribution in [2.24, 2.45) is 11.1 Å². The van der Waals surface area contributed by atoms with Gasteiger partial charge in [0.1, 0.15) is 6.04 Å². The van der Waals surface area contributed by atoms with Gasteiger partial charge in [-0.15, -0.1) is 0 Å². The Morgan fingerprint density at radius 3 is 2.00 bits per heavy atom. The Bertz CT molecular complexity index is 606. The molecular formula is C12H9NO6. The van der Waals surface area contributed by atoms with Gasteiger partial charge in [-0.1, -0.05) is 24.3 Å². The van der Waals surface area contributed by atoms with Crippen LogP contribution < -0.4 is 5.73 Å². The third-order valence-corrected chi connectivity index (χ3v) is 3.22. The van der Waals surface area contributed by atoms with Gasteiger partial charge in [0.15, 0.2) is 11.6 Å². The van der Waals surface area contributed by atoms with Crippen LogP contribution in [-0.2, 0) is 9.59 Å². The maximum absolute atomic E-state index is 12.2. The second kappa shape index (κ2) is 3.99. The summed E-state index contributed by atoms with van der Waals surface area (Å²) in [5.41, 5.74) is 2.17. The lowest BCUT2D eigenvalue weighted by atomic mass is 9.66. The van der Waals surface area contributed by atoms with Crippen LogP contribution in [0.5, 0.6) is 0 Å². The molecule has 1 atom stereocenters. The molecule has 7 heteroatoms. The molecule has 1 aliphatic rings. The monoisotopic (exact) mass is 263 g/mol. The number of carbonyl (C=O) groups is 4. The maximum Gasteiger partial charge on any atom is 0.331 e. The number of carbonyl (C=O) groups excluding carboxylic acids is 2. The molecule has 1 aromatic rings. The van der Waals surface area contributed by atoms with Crippen LogP contribution in [0.2, 0.25) is 0 Å². The SMILES string of the molecule is NC1C(=O)c2ccccc2C(=O)C1(C(=O)O)C(=O)O. The number of benzene rings is 1. The Morgan fingerprint density at radius 2 is 1.53 bits per heavy atom. The van der Waals surface area contributed by atoms with Crippen molar-refractivity contribution in [2.45, 2.75) is 6.04 Å². The van der Waals surface area contributed by atoms with Gasteiger partial charge in [0, 0.05) is 11.1 Å². The van der Waals surface area contributed by atoms with Gasteiger partial charge in [-0.25, -0.2) is 0 Å². The predicted octanol–water partition coefficient (Wildman–Crippen LogP) is -0.452. The molecule has 0 radical (unpaired) electrons. The van der Waals surface area contributed by atoms with Gasteiger partial charge in [-0.2, -0.15) is 0 Å². The van der Waals surface area contributed by atoms with Gasteiger partial charge in [0.2, 0.25) is 5.41 Å². The highest BCUT2D eigenvalue weighted by atomic mass is 16.4. The number of fused-ring (bicyclic) bond motifs is 1. The van der Waals surface area contributed by atoms with Crippen LogP contribution >= 0.6 is 0 Å². The van der Waals surface area contributed by atoms with E-state index in [0.29, 0.717) is 0 Å². The molecule has 7 nitrogen and oxygen atoms in total. The third kappa shape index (κ3) is 1.42. The lowest BCUT2D eigenvalue weighted by Gasteiger charge is -2.33. The molecule has 0 spiro atoms. The van der Waals surface area contributed by atoms with Crippen molar-refractivity contribution in [1.29, 1.82) is 0 Å². The normalized spacial score (nSPS) is 20.8. The number of Topliss-reactive ketones (excluding diaryl/α,β-unsaturated/α-hetero) is 2. The van der Waals surface area contributed by atoms with Crippen molar-refractivity contribution in [3.63, 3.8) is 0 Å². The molecule has 0 saturated carbocycles. The molecule has 2 rings (SSSR count). The van der Waals surface area contributed by atoms with E-state index < -0.39 is 35.0 Å². The Morgan fingerprint density at radius 1 is 1.05 bits per heavy atom. The fourth-order valence-electron chi connectivity index (χ4n) is 2.17. The summed E-state index contributed by atoms with van der Waals surface area (Å²) in [6.45, 7) is 0. The van der Waals surface area contributed by atoms with E-state index in [9.17, 15) is 19.2 Å². The van der Waals surface area contributed by atoms with Crippen molar-refractivity contribution in [2.75, 3.05) is 0 Å². The van der Waals surface area contributed by atoms with Gasteiger partial charge in [-0.3, -0.25) is 19.2 Å². The highest BCUT2D eigenvalue weighted by molar-refractivity contribution is 6.33. The lowest BCUT2D eigenvalue weighted by Crippen LogP contribution is -2.63. The molecule has 1 aliphatic carbocycles. The van der Waals surface area contributed by atoms with Gasteiger partial charge >= 0.3 is 11.9 Å². The third-order valence-electron chi connectivity index (χ3n) is 3.22. The van der Waals surface area contributed by atoms with Gasteiger partial charge in [-0.05, 0) is 0 Å². The molecule has 0 fully saturated rings. The molecule has 4 N–H and O–H groups in total. The van der Waals surface area contributed by atoms with Crippen molar-refractivity contribution < 1.29 is 29.4 Å². The number of rotatable bonds is 2. The number of aliphatic carboxylic acids is 2. The number of carboxylic acid groups (broad SMARTS) is 2.